The Labute approximate surface area is 68.0 Å². The lowest BCUT2D eigenvalue weighted by Gasteiger charge is -1.84. The van der Waals surface area contributed by atoms with Crippen LogP contribution in [0.5, 0.6) is 0 Å². The molecule has 0 aliphatic heterocycles. The fraction of sp³-hybridized carbons (Fsp3) is 0.750. The molecule has 1 N–H and O–H groups in total. The summed E-state index contributed by atoms with van der Waals surface area (Å²) in [5, 5.41) is 0. The van der Waals surface area contributed by atoms with Crippen LogP contribution in [0.15, 0.2) is 9.98 Å². The van der Waals surface area contributed by atoms with Gasteiger partial charge in [-0.25, -0.2) is 4.99 Å². The van der Waals surface area contributed by atoms with Gasteiger partial charge in [0, 0.05) is 13.0 Å². The lowest BCUT2D eigenvalue weighted by molar-refractivity contribution is -0.450. The third-order valence-corrected chi connectivity index (χ3v) is 1.09. The highest BCUT2D eigenvalue weighted by Crippen LogP contribution is 1.72. The minimum Gasteiger partial charge on any atom is -0.298 e. The SMILES string of the molecule is CC=NCCC[NH+]=C=NCC. The van der Waals surface area contributed by atoms with Crippen molar-refractivity contribution in [1.29, 1.82) is 0 Å². The fourth-order valence-electron chi connectivity index (χ4n) is 0.579. The topological polar surface area (TPSA) is 38.7 Å². The molecule has 0 spiro atoms. The molecule has 0 aromatic heterocycles. The molecular formula is C8H16N3+. The predicted octanol–water partition coefficient (Wildman–Crippen LogP) is -0.258. The Kier molecular flexibility index (Phi) is 8.27. The smallest absolute Gasteiger partial charge is 0.298 e. The summed E-state index contributed by atoms with van der Waals surface area (Å²) in [6.45, 7) is 6.49. The first-order valence-electron chi connectivity index (χ1n) is 4.00. The molecule has 0 atom stereocenters. The highest BCUT2D eigenvalue weighted by Gasteiger charge is 1.81. The van der Waals surface area contributed by atoms with E-state index in [0.717, 1.165) is 26.1 Å². The molecule has 0 heterocycles. The largest absolute Gasteiger partial charge is 0.303 e. The summed E-state index contributed by atoms with van der Waals surface area (Å²) < 4.78 is 0. The normalized spacial score (nSPS) is 9.64. The molecule has 0 aromatic carbocycles. The van der Waals surface area contributed by atoms with Gasteiger partial charge in [-0.3, -0.25) is 4.99 Å². The zero-order valence-electron chi connectivity index (χ0n) is 7.30. The van der Waals surface area contributed by atoms with Gasteiger partial charge in [0.2, 0.25) is 0 Å². The van der Waals surface area contributed by atoms with Gasteiger partial charge < -0.3 is 0 Å². The van der Waals surface area contributed by atoms with Crippen LogP contribution in [0.25, 0.3) is 0 Å². The van der Waals surface area contributed by atoms with E-state index in [1.807, 2.05) is 20.1 Å². The second-order valence-electron chi connectivity index (χ2n) is 2.03. The van der Waals surface area contributed by atoms with Gasteiger partial charge in [-0.05, 0) is 25.1 Å². The summed E-state index contributed by atoms with van der Waals surface area (Å²) in [5.74, 6) is 0. The summed E-state index contributed by atoms with van der Waals surface area (Å²) >= 11 is 0. The van der Waals surface area contributed by atoms with Crippen molar-refractivity contribution in [1.82, 2.24) is 0 Å². The summed E-state index contributed by atoms with van der Waals surface area (Å²) in [4.78, 5) is 10.9. The molecule has 0 aliphatic rings. The number of nitrogens with zero attached hydrogens (tertiary/aromatic N) is 2. The molecule has 3 heteroatoms. The predicted molar refractivity (Wildman–Crippen MR) is 47.5 cm³/mol. The second-order valence-corrected chi connectivity index (χ2v) is 2.03. The maximum Gasteiger partial charge on any atom is 0.303 e. The average Bonchev–Trinajstić information content (AvgIpc) is 2.03. The Morgan fingerprint density at radius 3 is 3.00 bits per heavy atom. The quantitative estimate of drug-likeness (QED) is 0.419. The third-order valence-electron chi connectivity index (χ3n) is 1.09. The monoisotopic (exact) mass is 154 g/mol. The minimum absolute atomic E-state index is 0.792. The van der Waals surface area contributed by atoms with Crippen molar-refractivity contribution >= 4 is 12.2 Å². The molecule has 0 aliphatic carbocycles. The van der Waals surface area contributed by atoms with Crippen molar-refractivity contribution in [2.24, 2.45) is 9.98 Å². The lowest BCUT2D eigenvalue weighted by Crippen LogP contribution is -2.67. The summed E-state index contributed by atoms with van der Waals surface area (Å²) in [7, 11) is 0. The zero-order valence-corrected chi connectivity index (χ0v) is 7.30. The van der Waals surface area contributed by atoms with Crippen LogP contribution in [0.2, 0.25) is 0 Å². The number of aliphatic imine (C=N–C) groups is 2. The average molecular weight is 154 g/mol. The molecule has 0 rings (SSSR count). The van der Waals surface area contributed by atoms with E-state index in [1.165, 1.54) is 0 Å². The van der Waals surface area contributed by atoms with E-state index < -0.39 is 0 Å². The Hall–Kier alpha value is -0.950. The van der Waals surface area contributed by atoms with Crippen molar-refractivity contribution < 1.29 is 4.99 Å². The second kappa shape index (κ2) is 9.05. The van der Waals surface area contributed by atoms with Crippen LogP contribution < -0.4 is 4.99 Å². The van der Waals surface area contributed by atoms with E-state index in [0.29, 0.717) is 0 Å². The highest BCUT2D eigenvalue weighted by molar-refractivity contribution is 5.53. The van der Waals surface area contributed by atoms with Crippen molar-refractivity contribution in [3.8, 4) is 0 Å². The van der Waals surface area contributed by atoms with Gasteiger partial charge >= 0.3 is 6.01 Å². The van der Waals surface area contributed by atoms with Gasteiger partial charge in [0.15, 0.2) is 0 Å². The fourth-order valence-corrected chi connectivity index (χ4v) is 0.579. The van der Waals surface area contributed by atoms with Crippen LogP contribution in [0.3, 0.4) is 0 Å². The molecule has 0 unspecified atom stereocenters. The zero-order chi connectivity index (χ0) is 8.36. The number of rotatable bonds is 5. The third kappa shape index (κ3) is 9.05. The molecule has 0 aromatic rings. The standard InChI is InChI=1S/C8H15N3/c1-3-9-6-5-7-11-8-10-4-2/h3H,4-7H2,1-2H3/p+1. The molecule has 0 amide bonds. The van der Waals surface area contributed by atoms with Crippen molar-refractivity contribution in [3.05, 3.63) is 0 Å². The van der Waals surface area contributed by atoms with Crippen LogP contribution in [-0.2, 0) is 0 Å². The van der Waals surface area contributed by atoms with Gasteiger partial charge in [-0.15, -0.1) is 0 Å². The van der Waals surface area contributed by atoms with Gasteiger partial charge in [-0.2, -0.15) is 0 Å². The molecular weight excluding hydrogens is 138 g/mol. The Morgan fingerprint density at radius 2 is 2.36 bits per heavy atom. The summed E-state index contributed by atoms with van der Waals surface area (Å²) in [6.07, 6.45) is 2.86. The highest BCUT2D eigenvalue weighted by atomic mass is 14.8. The van der Waals surface area contributed by atoms with Crippen molar-refractivity contribution in [2.45, 2.75) is 20.3 Å². The maximum atomic E-state index is 4.07. The van der Waals surface area contributed by atoms with Gasteiger partial charge in [0.05, 0.1) is 6.54 Å². The van der Waals surface area contributed by atoms with Gasteiger partial charge in [0.1, 0.15) is 6.54 Å². The number of hydrogen-bond donors (Lipinski definition) is 1. The van der Waals surface area contributed by atoms with Crippen LogP contribution >= 0.6 is 0 Å². The molecule has 0 bridgehead atoms. The van der Waals surface area contributed by atoms with Crippen LogP contribution in [0.4, 0.5) is 0 Å². The van der Waals surface area contributed by atoms with E-state index in [2.05, 4.69) is 21.0 Å². The van der Waals surface area contributed by atoms with E-state index in [1.54, 1.807) is 0 Å². The van der Waals surface area contributed by atoms with Crippen LogP contribution in [0, 0.1) is 0 Å². The first-order chi connectivity index (χ1) is 5.41. The molecule has 62 valence electrons. The summed E-state index contributed by atoms with van der Waals surface area (Å²) in [6, 6.07) is 2.74. The summed E-state index contributed by atoms with van der Waals surface area (Å²) in [5.41, 5.74) is 0. The van der Waals surface area contributed by atoms with E-state index in [9.17, 15) is 0 Å². The van der Waals surface area contributed by atoms with Crippen LogP contribution in [-0.4, -0.2) is 31.9 Å². The molecule has 3 nitrogen and oxygen atoms in total. The molecule has 0 saturated carbocycles. The Morgan fingerprint density at radius 1 is 1.55 bits per heavy atom. The lowest BCUT2D eigenvalue weighted by atomic mass is 10.4. The first kappa shape index (κ1) is 10.0. The molecule has 0 fully saturated rings. The van der Waals surface area contributed by atoms with E-state index >= 15 is 0 Å². The Bertz CT molecular complexity index is 155. The first-order valence-corrected chi connectivity index (χ1v) is 4.00. The minimum atomic E-state index is 0.792. The maximum absolute atomic E-state index is 4.07. The number of nitrogens with one attached hydrogen (secondary N) is 1. The number of hydrogen-bond acceptors (Lipinski definition) is 2. The Balaban J connectivity index is 3.20. The van der Waals surface area contributed by atoms with E-state index in [4.69, 9.17) is 0 Å². The van der Waals surface area contributed by atoms with Gasteiger partial charge in [-0.1, -0.05) is 0 Å². The molecule has 0 saturated heterocycles. The van der Waals surface area contributed by atoms with Gasteiger partial charge in [0.25, 0.3) is 0 Å². The van der Waals surface area contributed by atoms with Crippen molar-refractivity contribution in [2.75, 3.05) is 19.6 Å². The molecule has 0 radical (unpaired) electrons. The van der Waals surface area contributed by atoms with E-state index in [-0.39, 0.29) is 0 Å². The molecule has 11 heavy (non-hydrogen) atoms. The van der Waals surface area contributed by atoms with Crippen molar-refractivity contribution in [3.63, 3.8) is 0 Å². The van der Waals surface area contributed by atoms with Crippen LogP contribution in [0.1, 0.15) is 20.3 Å².